The molecule has 0 radical (unpaired) electrons. The number of nitrogens with zero attached hydrogens (tertiary/aromatic N) is 1. The van der Waals surface area contributed by atoms with E-state index in [4.69, 9.17) is 4.43 Å². The van der Waals surface area contributed by atoms with Gasteiger partial charge in [-0.1, -0.05) is 36.7 Å². The second-order valence-corrected chi connectivity index (χ2v) is 13.4. The van der Waals surface area contributed by atoms with Crippen LogP contribution in [0.1, 0.15) is 33.6 Å². The van der Waals surface area contributed by atoms with Gasteiger partial charge in [0.15, 0.2) is 8.32 Å². The minimum atomic E-state index is -1.95. The molecule has 0 saturated heterocycles. The molecule has 0 aromatic heterocycles. The molecule has 2 aliphatic carbocycles. The highest BCUT2D eigenvalue weighted by Gasteiger charge is 2.64. The average molecular weight is 346 g/mol. The first-order chi connectivity index (χ1) is 8.54. The molecule has 5 heteroatoms. The van der Waals surface area contributed by atoms with Gasteiger partial charge in [0.25, 0.3) is 0 Å². The zero-order chi connectivity index (χ0) is 14.6. The van der Waals surface area contributed by atoms with Crippen LogP contribution in [0.4, 0.5) is 0 Å². The van der Waals surface area contributed by atoms with Crippen LogP contribution in [-0.2, 0) is 4.43 Å². The summed E-state index contributed by atoms with van der Waals surface area (Å²) in [4.78, 5) is 0.127. The maximum atomic E-state index is 9.96. The van der Waals surface area contributed by atoms with Crippen molar-refractivity contribution in [3.05, 3.63) is 0 Å². The third-order valence-corrected chi connectivity index (χ3v) is 11.1. The van der Waals surface area contributed by atoms with Crippen LogP contribution < -0.4 is 0 Å². The van der Waals surface area contributed by atoms with Crippen LogP contribution in [0.15, 0.2) is 0 Å². The lowest BCUT2D eigenvalue weighted by Crippen LogP contribution is -2.60. The van der Waals surface area contributed by atoms with E-state index in [1.54, 1.807) is 0 Å². The SMILES string of the molecule is CC(C)(C)[Si](C)(C)O[C@]1(C#N)C[C@@H]2[C@@H](Br)[C@H](O)C[C@@H]21. The zero-order valence-electron chi connectivity index (χ0n) is 12.4. The molecule has 2 fully saturated rings. The molecule has 19 heavy (non-hydrogen) atoms. The lowest BCUT2D eigenvalue weighted by Gasteiger charge is -2.53. The number of nitriles is 1. The summed E-state index contributed by atoms with van der Waals surface area (Å²) in [6.45, 7) is 11.0. The summed E-state index contributed by atoms with van der Waals surface area (Å²) < 4.78 is 6.43. The van der Waals surface area contributed by atoms with Crippen LogP contribution in [0.25, 0.3) is 0 Å². The predicted octanol–water partition coefficient (Wildman–Crippen LogP) is 3.43. The number of hydrogen-bond acceptors (Lipinski definition) is 3. The van der Waals surface area contributed by atoms with Crippen molar-refractivity contribution in [3.63, 3.8) is 0 Å². The second-order valence-electron chi connectivity index (χ2n) is 7.59. The summed E-state index contributed by atoms with van der Waals surface area (Å²) in [7, 11) is -1.95. The van der Waals surface area contributed by atoms with Gasteiger partial charge in [-0.25, -0.2) is 0 Å². The van der Waals surface area contributed by atoms with Crippen LogP contribution in [-0.4, -0.2) is 30.0 Å². The lowest BCUT2D eigenvalue weighted by atomic mass is 9.64. The Hall–Kier alpha value is 0.107. The van der Waals surface area contributed by atoms with Gasteiger partial charge in [-0.3, -0.25) is 0 Å². The van der Waals surface area contributed by atoms with Gasteiger partial charge in [-0.2, -0.15) is 5.26 Å². The maximum Gasteiger partial charge on any atom is 0.194 e. The number of hydrogen-bond donors (Lipinski definition) is 1. The van der Waals surface area contributed by atoms with Crippen LogP contribution in [0, 0.1) is 23.2 Å². The molecule has 1 N–H and O–H groups in total. The average Bonchev–Trinajstić information content (AvgIpc) is 2.49. The van der Waals surface area contributed by atoms with Crippen LogP contribution in [0.3, 0.4) is 0 Å². The Balaban J connectivity index is 2.18. The first-order valence-corrected chi connectivity index (χ1v) is 10.8. The number of rotatable bonds is 2. The molecule has 0 amide bonds. The van der Waals surface area contributed by atoms with E-state index in [0.29, 0.717) is 12.3 Å². The highest BCUT2D eigenvalue weighted by Crippen LogP contribution is 2.59. The molecule has 5 atom stereocenters. The number of fused-ring (bicyclic) bond motifs is 1. The van der Waals surface area contributed by atoms with Gasteiger partial charge in [-0.15, -0.1) is 0 Å². The molecule has 0 spiro atoms. The van der Waals surface area contributed by atoms with Gasteiger partial charge in [0.05, 0.1) is 12.2 Å². The van der Waals surface area contributed by atoms with Crippen molar-refractivity contribution in [1.82, 2.24) is 0 Å². The monoisotopic (exact) mass is 345 g/mol. The zero-order valence-corrected chi connectivity index (χ0v) is 15.0. The second kappa shape index (κ2) is 4.56. The van der Waals surface area contributed by atoms with E-state index in [0.717, 1.165) is 6.42 Å². The Morgan fingerprint density at radius 1 is 1.42 bits per heavy atom. The molecule has 0 unspecified atom stereocenters. The fraction of sp³-hybridized carbons (Fsp3) is 0.929. The highest BCUT2D eigenvalue weighted by molar-refractivity contribution is 9.09. The molecule has 0 heterocycles. The van der Waals surface area contributed by atoms with Gasteiger partial charge >= 0.3 is 0 Å². The number of aliphatic hydroxyl groups excluding tert-OH is 1. The summed E-state index contributed by atoms with van der Waals surface area (Å²) >= 11 is 3.56. The summed E-state index contributed by atoms with van der Waals surface area (Å²) in [5, 5.41) is 19.7. The Morgan fingerprint density at radius 2 is 2.00 bits per heavy atom. The molecular formula is C14H24BrNO2Si. The maximum absolute atomic E-state index is 9.96. The molecule has 2 saturated carbocycles. The van der Waals surface area contributed by atoms with Crippen LogP contribution in [0.5, 0.6) is 0 Å². The molecule has 2 aliphatic rings. The molecule has 0 aromatic carbocycles. The normalized spacial score (nSPS) is 42.4. The predicted molar refractivity (Wildman–Crippen MR) is 81.6 cm³/mol. The Morgan fingerprint density at radius 3 is 2.42 bits per heavy atom. The van der Waals surface area contributed by atoms with Crippen molar-refractivity contribution in [2.75, 3.05) is 0 Å². The first-order valence-electron chi connectivity index (χ1n) is 6.98. The summed E-state index contributed by atoms with van der Waals surface area (Å²) in [5.41, 5.74) is -0.656. The van der Waals surface area contributed by atoms with Crippen LogP contribution >= 0.6 is 15.9 Å². The molecule has 0 aromatic rings. The first kappa shape index (κ1) is 15.5. The quantitative estimate of drug-likeness (QED) is 0.616. The third kappa shape index (κ3) is 2.31. The molecular weight excluding hydrogens is 322 g/mol. The Labute approximate surface area is 125 Å². The van der Waals surface area contributed by atoms with Crippen LogP contribution in [0.2, 0.25) is 18.1 Å². The molecule has 0 bridgehead atoms. The molecule has 108 valence electrons. The third-order valence-electron chi connectivity index (χ3n) is 5.36. The fourth-order valence-corrected chi connectivity index (χ4v) is 5.35. The number of aliphatic hydroxyl groups is 1. The Bertz CT molecular complexity index is 415. The topological polar surface area (TPSA) is 53.2 Å². The van der Waals surface area contributed by atoms with Gasteiger partial charge < -0.3 is 9.53 Å². The molecule has 3 nitrogen and oxygen atoms in total. The largest absolute Gasteiger partial charge is 0.399 e. The molecule has 0 aliphatic heterocycles. The van der Waals surface area contributed by atoms with E-state index < -0.39 is 13.9 Å². The number of alkyl halides is 1. The minimum absolute atomic E-state index is 0.104. The van der Waals surface area contributed by atoms with E-state index >= 15 is 0 Å². The summed E-state index contributed by atoms with van der Waals surface area (Å²) in [6, 6.07) is 2.44. The summed E-state index contributed by atoms with van der Waals surface area (Å²) in [5.74, 6) is 0.574. The fourth-order valence-electron chi connectivity index (χ4n) is 3.08. The van der Waals surface area contributed by atoms with E-state index in [1.165, 1.54) is 0 Å². The van der Waals surface area contributed by atoms with E-state index in [-0.39, 0.29) is 21.9 Å². The Kier molecular flexibility index (Phi) is 3.71. The standard InChI is InChI=1S/C14H24BrNO2Si/c1-13(2,3)19(4,5)18-14(8-16)7-9-10(14)6-11(17)12(9)15/h9-12,17H,6-7H2,1-5H3/t9-,10-,11+,12+,14-/m0/s1. The minimum Gasteiger partial charge on any atom is -0.399 e. The van der Waals surface area contributed by atoms with Gasteiger partial charge in [0.1, 0.15) is 5.60 Å². The lowest BCUT2D eigenvalue weighted by molar-refractivity contribution is -0.0655. The van der Waals surface area contributed by atoms with Crippen molar-refractivity contribution in [2.24, 2.45) is 11.8 Å². The van der Waals surface area contributed by atoms with E-state index in [9.17, 15) is 10.4 Å². The van der Waals surface area contributed by atoms with Gasteiger partial charge in [0.2, 0.25) is 0 Å². The van der Waals surface area contributed by atoms with Crippen molar-refractivity contribution in [2.45, 2.75) is 68.3 Å². The van der Waals surface area contributed by atoms with E-state index in [1.807, 2.05) is 0 Å². The van der Waals surface area contributed by atoms with E-state index in [2.05, 4.69) is 55.9 Å². The van der Waals surface area contributed by atoms with Crippen molar-refractivity contribution in [1.29, 1.82) is 5.26 Å². The van der Waals surface area contributed by atoms with Crippen molar-refractivity contribution in [3.8, 4) is 6.07 Å². The highest BCUT2D eigenvalue weighted by atomic mass is 79.9. The number of halogens is 1. The van der Waals surface area contributed by atoms with Crippen molar-refractivity contribution >= 4 is 24.2 Å². The van der Waals surface area contributed by atoms with Gasteiger partial charge in [-0.05, 0) is 36.9 Å². The van der Waals surface area contributed by atoms with Crippen molar-refractivity contribution < 1.29 is 9.53 Å². The van der Waals surface area contributed by atoms with Gasteiger partial charge in [0, 0.05) is 10.7 Å². The molecule has 2 rings (SSSR count). The smallest absolute Gasteiger partial charge is 0.194 e. The summed E-state index contributed by atoms with van der Waals surface area (Å²) in [6.07, 6.45) is 1.10.